The smallest absolute Gasteiger partial charge is 0.306 e. The lowest BCUT2D eigenvalue weighted by Crippen LogP contribution is -2.40. The number of rotatable bonds is 3. The van der Waals surface area contributed by atoms with Gasteiger partial charge < -0.3 is 10.0 Å². The molecule has 17 heavy (non-hydrogen) atoms. The number of carboxylic acids is 1. The fourth-order valence-electron chi connectivity index (χ4n) is 2.92. The summed E-state index contributed by atoms with van der Waals surface area (Å²) in [6, 6.07) is 0.267. The van der Waals surface area contributed by atoms with Crippen LogP contribution in [-0.4, -0.2) is 40.2 Å². The first-order chi connectivity index (χ1) is 8.11. The number of carboxylic acid groups (broad SMARTS) is 1. The molecule has 1 amide bonds. The highest BCUT2D eigenvalue weighted by molar-refractivity contribution is 7.80. The van der Waals surface area contributed by atoms with Crippen LogP contribution in [0.15, 0.2) is 0 Å². The molecular weight excluding hydrogens is 238 g/mol. The van der Waals surface area contributed by atoms with Crippen LogP contribution < -0.4 is 0 Å². The highest BCUT2D eigenvalue weighted by Crippen LogP contribution is 2.31. The van der Waals surface area contributed by atoms with Crippen LogP contribution in [0, 0.1) is 11.8 Å². The van der Waals surface area contributed by atoms with Crippen molar-refractivity contribution in [3.63, 3.8) is 0 Å². The molecule has 1 heterocycles. The first-order valence-electron chi connectivity index (χ1n) is 6.25. The molecule has 1 atom stereocenters. The number of hydrogen-bond acceptors (Lipinski definition) is 3. The molecule has 0 aromatic heterocycles. The molecule has 0 aromatic rings. The van der Waals surface area contributed by atoms with E-state index < -0.39 is 5.97 Å². The minimum absolute atomic E-state index is 0.204. The van der Waals surface area contributed by atoms with Crippen LogP contribution in [0.2, 0.25) is 0 Å². The third kappa shape index (κ3) is 2.76. The molecule has 0 bridgehead atoms. The van der Waals surface area contributed by atoms with Gasteiger partial charge in [-0.1, -0.05) is 0 Å². The molecule has 5 heteroatoms. The summed E-state index contributed by atoms with van der Waals surface area (Å²) in [5, 5.41) is 8.93. The molecule has 1 aliphatic heterocycles. The minimum atomic E-state index is -0.690. The molecule has 96 valence electrons. The zero-order chi connectivity index (χ0) is 12.4. The molecular formula is C12H19NO3S. The van der Waals surface area contributed by atoms with Gasteiger partial charge in [0.05, 0.1) is 5.92 Å². The summed E-state index contributed by atoms with van der Waals surface area (Å²) in [4.78, 5) is 24.6. The summed E-state index contributed by atoms with van der Waals surface area (Å²) in [7, 11) is 0. The quantitative estimate of drug-likeness (QED) is 0.752. The second-order valence-corrected chi connectivity index (χ2v) is 5.51. The third-order valence-corrected chi connectivity index (χ3v) is 4.50. The Morgan fingerprint density at radius 1 is 1.35 bits per heavy atom. The second-order valence-electron chi connectivity index (χ2n) is 5.14. The first kappa shape index (κ1) is 12.7. The van der Waals surface area contributed by atoms with Crippen molar-refractivity contribution in [3.05, 3.63) is 0 Å². The Labute approximate surface area is 107 Å². The molecule has 4 nitrogen and oxygen atoms in total. The fourth-order valence-corrected chi connectivity index (χ4v) is 3.16. The van der Waals surface area contributed by atoms with Crippen molar-refractivity contribution in [3.8, 4) is 0 Å². The van der Waals surface area contributed by atoms with Gasteiger partial charge in [-0.25, -0.2) is 0 Å². The lowest BCUT2D eigenvalue weighted by atomic mass is 9.85. The maximum atomic E-state index is 11.8. The van der Waals surface area contributed by atoms with Crippen LogP contribution in [0.25, 0.3) is 0 Å². The molecule has 1 saturated heterocycles. The lowest BCUT2D eigenvalue weighted by Gasteiger charge is -2.33. The van der Waals surface area contributed by atoms with Gasteiger partial charge in [0.2, 0.25) is 5.91 Å². The van der Waals surface area contributed by atoms with Gasteiger partial charge in [0.1, 0.15) is 0 Å². The van der Waals surface area contributed by atoms with E-state index in [4.69, 9.17) is 5.11 Å². The van der Waals surface area contributed by atoms with E-state index in [1.54, 1.807) is 0 Å². The van der Waals surface area contributed by atoms with Crippen LogP contribution in [0.1, 0.15) is 32.1 Å². The van der Waals surface area contributed by atoms with Crippen molar-refractivity contribution in [2.45, 2.75) is 38.1 Å². The van der Waals surface area contributed by atoms with Gasteiger partial charge in [-0.05, 0) is 37.4 Å². The van der Waals surface area contributed by atoms with Gasteiger partial charge in [-0.2, -0.15) is 12.6 Å². The predicted octanol–water partition coefficient (Wildman–Crippen LogP) is 1.41. The topological polar surface area (TPSA) is 57.6 Å². The molecule has 2 fully saturated rings. The average Bonchev–Trinajstić information content (AvgIpc) is 2.71. The van der Waals surface area contributed by atoms with E-state index >= 15 is 0 Å². The normalized spacial score (nSPS) is 34.1. The van der Waals surface area contributed by atoms with Crippen molar-refractivity contribution >= 4 is 24.5 Å². The Morgan fingerprint density at radius 3 is 2.47 bits per heavy atom. The summed E-state index contributed by atoms with van der Waals surface area (Å²) >= 11 is 4.25. The van der Waals surface area contributed by atoms with Gasteiger partial charge in [0.15, 0.2) is 0 Å². The number of thiol groups is 1. The average molecular weight is 257 g/mol. The zero-order valence-corrected chi connectivity index (χ0v) is 10.7. The lowest BCUT2D eigenvalue weighted by molar-refractivity contribution is -0.143. The van der Waals surface area contributed by atoms with E-state index in [-0.39, 0.29) is 17.9 Å². The third-order valence-electron chi connectivity index (χ3n) is 3.98. The van der Waals surface area contributed by atoms with Crippen molar-refractivity contribution in [1.29, 1.82) is 0 Å². The van der Waals surface area contributed by atoms with Crippen molar-refractivity contribution in [1.82, 2.24) is 4.90 Å². The Kier molecular flexibility index (Phi) is 3.97. The molecule has 0 spiro atoms. The Hall–Kier alpha value is -0.710. The SMILES string of the molecule is O=C(O)C1CCC(N2CC(CS)CC2=O)CC1. The first-order valence-corrected chi connectivity index (χ1v) is 6.88. The van der Waals surface area contributed by atoms with Gasteiger partial charge in [0.25, 0.3) is 0 Å². The maximum Gasteiger partial charge on any atom is 0.306 e. The highest BCUT2D eigenvalue weighted by Gasteiger charge is 2.36. The van der Waals surface area contributed by atoms with E-state index in [9.17, 15) is 9.59 Å². The van der Waals surface area contributed by atoms with E-state index in [0.717, 1.165) is 25.1 Å². The summed E-state index contributed by atoms with van der Waals surface area (Å²) in [6.07, 6.45) is 3.69. The maximum absolute atomic E-state index is 11.8. The van der Waals surface area contributed by atoms with E-state index in [2.05, 4.69) is 12.6 Å². The number of carbonyl (C=O) groups excluding carboxylic acids is 1. The summed E-state index contributed by atoms with van der Waals surface area (Å²) in [6.45, 7) is 0.810. The van der Waals surface area contributed by atoms with Crippen molar-refractivity contribution in [2.24, 2.45) is 11.8 Å². The van der Waals surface area contributed by atoms with Crippen LogP contribution in [0.3, 0.4) is 0 Å². The minimum Gasteiger partial charge on any atom is -0.481 e. The molecule has 1 aliphatic carbocycles. The van der Waals surface area contributed by atoms with E-state index in [1.807, 2.05) is 4.90 Å². The van der Waals surface area contributed by atoms with Crippen LogP contribution in [0.4, 0.5) is 0 Å². The van der Waals surface area contributed by atoms with E-state index in [1.165, 1.54) is 0 Å². The summed E-state index contributed by atoms with van der Waals surface area (Å²) in [5.41, 5.74) is 0. The molecule has 2 aliphatic rings. The number of amides is 1. The molecule has 0 aromatic carbocycles. The highest BCUT2D eigenvalue weighted by atomic mass is 32.1. The van der Waals surface area contributed by atoms with Crippen molar-refractivity contribution < 1.29 is 14.7 Å². The van der Waals surface area contributed by atoms with Gasteiger partial charge in [-0.3, -0.25) is 9.59 Å². The Balaban J connectivity index is 1.89. The molecule has 1 N–H and O–H groups in total. The largest absolute Gasteiger partial charge is 0.481 e. The van der Waals surface area contributed by atoms with E-state index in [0.29, 0.717) is 25.2 Å². The Morgan fingerprint density at radius 2 is 2.00 bits per heavy atom. The standard InChI is InChI=1S/C12H19NO3S/c14-11-5-8(7-17)6-13(11)10-3-1-9(2-4-10)12(15)16/h8-10,17H,1-7H2,(H,15,16). The van der Waals surface area contributed by atoms with Crippen molar-refractivity contribution in [2.75, 3.05) is 12.3 Å². The Bertz CT molecular complexity index is 313. The second kappa shape index (κ2) is 5.29. The summed E-state index contributed by atoms with van der Waals surface area (Å²) in [5.74, 6) is 0.465. The van der Waals surface area contributed by atoms with Gasteiger partial charge in [-0.15, -0.1) is 0 Å². The number of nitrogens with zero attached hydrogens (tertiary/aromatic N) is 1. The summed E-state index contributed by atoms with van der Waals surface area (Å²) < 4.78 is 0. The van der Waals surface area contributed by atoms with Gasteiger partial charge >= 0.3 is 5.97 Å². The van der Waals surface area contributed by atoms with Gasteiger partial charge in [0, 0.05) is 19.0 Å². The molecule has 2 rings (SSSR count). The number of aliphatic carboxylic acids is 1. The predicted molar refractivity (Wildman–Crippen MR) is 67.1 cm³/mol. The number of hydrogen-bond donors (Lipinski definition) is 2. The zero-order valence-electron chi connectivity index (χ0n) is 9.84. The van der Waals surface area contributed by atoms with Crippen LogP contribution >= 0.6 is 12.6 Å². The number of likely N-dealkylation sites (tertiary alicyclic amines) is 1. The molecule has 1 unspecified atom stereocenters. The molecule has 0 radical (unpaired) electrons. The van der Waals surface area contributed by atoms with Crippen LogP contribution in [0.5, 0.6) is 0 Å². The monoisotopic (exact) mass is 257 g/mol. The molecule has 1 saturated carbocycles. The fraction of sp³-hybridized carbons (Fsp3) is 0.833. The number of carbonyl (C=O) groups is 2. The van der Waals surface area contributed by atoms with Crippen LogP contribution in [-0.2, 0) is 9.59 Å².